The molecule has 0 spiro atoms. The third kappa shape index (κ3) is 2.48. The van der Waals surface area contributed by atoms with Gasteiger partial charge in [0.15, 0.2) is 5.89 Å². The van der Waals surface area contributed by atoms with E-state index in [4.69, 9.17) is 14.5 Å². The van der Waals surface area contributed by atoms with Crippen LogP contribution < -0.4 is 5.14 Å². The van der Waals surface area contributed by atoms with Crippen molar-refractivity contribution in [2.45, 2.75) is 56.3 Å². The van der Waals surface area contributed by atoms with Crippen LogP contribution in [-0.4, -0.2) is 13.4 Å². The summed E-state index contributed by atoms with van der Waals surface area (Å²) in [5.74, 6) is 2.42. The first kappa shape index (κ1) is 15.8. The Labute approximate surface area is 142 Å². The summed E-state index contributed by atoms with van der Waals surface area (Å²) < 4.78 is 28.9. The largest absolute Gasteiger partial charge is 0.445 e. The average molecular weight is 346 g/mol. The molecule has 2 N–H and O–H groups in total. The molecule has 1 heterocycles. The highest BCUT2D eigenvalue weighted by molar-refractivity contribution is 7.89. The summed E-state index contributed by atoms with van der Waals surface area (Å²) in [6.07, 6.45) is 4.36. The number of nitrogens with two attached hydrogens (primary N) is 1. The standard InChI is InChI=1S/C18H22N2O3S/c1-18(2)15(11-7-9-12(10-8-11)24(19,21)22)16(18)17-20-13-5-3-4-6-14(13)23-17/h7-10,15-16H,3-6H2,1-2H3,(H2,19,21,22)/t15-,16+/m1/s1. The Balaban J connectivity index is 1.63. The molecule has 0 aliphatic heterocycles. The quantitative estimate of drug-likeness (QED) is 0.925. The number of aromatic nitrogens is 1. The van der Waals surface area contributed by atoms with E-state index in [0.717, 1.165) is 35.7 Å². The number of sulfonamides is 1. The highest BCUT2D eigenvalue weighted by Crippen LogP contribution is 2.69. The van der Waals surface area contributed by atoms with Crippen LogP contribution in [0.1, 0.15) is 61.4 Å². The van der Waals surface area contributed by atoms with Crippen LogP contribution in [0.4, 0.5) is 0 Å². The van der Waals surface area contributed by atoms with Crippen molar-refractivity contribution in [3.8, 4) is 0 Å². The van der Waals surface area contributed by atoms with E-state index in [1.165, 1.54) is 12.8 Å². The summed E-state index contributed by atoms with van der Waals surface area (Å²) >= 11 is 0. The lowest BCUT2D eigenvalue weighted by Crippen LogP contribution is -2.11. The molecule has 1 aromatic heterocycles. The lowest BCUT2D eigenvalue weighted by Gasteiger charge is -2.05. The van der Waals surface area contributed by atoms with E-state index < -0.39 is 10.0 Å². The summed E-state index contributed by atoms with van der Waals surface area (Å²) in [7, 11) is -3.65. The van der Waals surface area contributed by atoms with Crippen LogP contribution in [0.25, 0.3) is 0 Å². The Kier molecular flexibility index (Phi) is 3.41. The van der Waals surface area contributed by atoms with Crippen molar-refractivity contribution >= 4 is 10.0 Å². The van der Waals surface area contributed by atoms with Crippen LogP contribution in [0.5, 0.6) is 0 Å². The van der Waals surface area contributed by atoms with Gasteiger partial charge in [0.25, 0.3) is 0 Å². The number of fused-ring (bicyclic) bond motifs is 1. The minimum atomic E-state index is -3.65. The number of hydrogen-bond donors (Lipinski definition) is 1. The number of benzene rings is 1. The van der Waals surface area contributed by atoms with Crippen molar-refractivity contribution in [3.63, 3.8) is 0 Å². The van der Waals surface area contributed by atoms with E-state index in [1.54, 1.807) is 12.1 Å². The SMILES string of the molecule is CC1(C)[C@H](c2ccc(S(N)(=O)=O)cc2)[C@H]1c1nc2c(o1)CCCC2. The minimum Gasteiger partial charge on any atom is -0.445 e. The van der Waals surface area contributed by atoms with Gasteiger partial charge in [-0.2, -0.15) is 0 Å². The van der Waals surface area contributed by atoms with Gasteiger partial charge in [-0.25, -0.2) is 18.5 Å². The molecule has 2 aliphatic carbocycles. The number of nitrogens with zero attached hydrogens (tertiary/aromatic N) is 1. The third-order valence-corrected chi connectivity index (χ3v) is 6.45. The molecule has 0 radical (unpaired) electrons. The number of hydrogen-bond acceptors (Lipinski definition) is 4. The van der Waals surface area contributed by atoms with Gasteiger partial charge in [-0.1, -0.05) is 26.0 Å². The Morgan fingerprint density at radius 2 is 1.79 bits per heavy atom. The topological polar surface area (TPSA) is 86.2 Å². The van der Waals surface area contributed by atoms with Crippen molar-refractivity contribution in [3.05, 3.63) is 47.2 Å². The zero-order chi connectivity index (χ0) is 17.1. The number of rotatable bonds is 3. The summed E-state index contributed by atoms with van der Waals surface area (Å²) in [6, 6.07) is 6.87. The van der Waals surface area contributed by atoms with Crippen molar-refractivity contribution in [2.24, 2.45) is 10.6 Å². The Morgan fingerprint density at radius 3 is 2.42 bits per heavy atom. The van der Waals surface area contributed by atoms with E-state index in [1.807, 2.05) is 12.1 Å². The van der Waals surface area contributed by atoms with Gasteiger partial charge >= 0.3 is 0 Å². The fourth-order valence-corrected chi connectivity index (χ4v) is 4.61. The first-order valence-corrected chi connectivity index (χ1v) is 9.94. The number of aryl methyl sites for hydroxylation is 2. The molecule has 0 amide bonds. The predicted octanol–water partition coefficient (Wildman–Crippen LogP) is 3.11. The summed E-state index contributed by atoms with van der Waals surface area (Å²) in [5, 5.41) is 5.17. The molecule has 2 aromatic rings. The second-order valence-electron chi connectivity index (χ2n) is 7.52. The molecule has 2 aliphatic rings. The van der Waals surface area contributed by atoms with Crippen LogP contribution in [0.2, 0.25) is 0 Å². The van der Waals surface area contributed by atoms with Crippen LogP contribution in [0, 0.1) is 5.41 Å². The molecular weight excluding hydrogens is 324 g/mol. The van der Waals surface area contributed by atoms with Gasteiger partial charge < -0.3 is 4.42 Å². The lowest BCUT2D eigenvalue weighted by molar-refractivity contribution is 0.424. The van der Waals surface area contributed by atoms with Crippen molar-refractivity contribution in [2.75, 3.05) is 0 Å². The summed E-state index contributed by atoms with van der Waals surface area (Å²) in [4.78, 5) is 4.90. The second kappa shape index (κ2) is 5.17. The maximum Gasteiger partial charge on any atom is 0.238 e. The Morgan fingerprint density at radius 1 is 1.12 bits per heavy atom. The molecule has 5 nitrogen and oxygen atoms in total. The zero-order valence-corrected chi connectivity index (χ0v) is 14.8. The van der Waals surface area contributed by atoms with Crippen LogP contribution >= 0.6 is 0 Å². The first-order chi connectivity index (χ1) is 11.3. The molecule has 1 fully saturated rings. The highest BCUT2D eigenvalue weighted by atomic mass is 32.2. The molecule has 6 heteroatoms. The third-order valence-electron chi connectivity index (χ3n) is 5.52. The molecule has 128 valence electrons. The van der Waals surface area contributed by atoms with Crippen molar-refractivity contribution < 1.29 is 12.8 Å². The molecular formula is C18H22N2O3S. The van der Waals surface area contributed by atoms with Gasteiger partial charge in [0.1, 0.15) is 5.76 Å². The van der Waals surface area contributed by atoms with E-state index in [-0.39, 0.29) is 22.1 Å². The van der Waals surface area contributed by atoms with Gasteiger partial charge in [0, 0.05) is 18.3 Å². The van der Waals surface area contributed by atoms with Crippen molar-refractivity contribution in [1.82, 2.24) is 4.98 Å². The molecule has 0 unspecified atom stereocenters. The number of primary sulfonamides is 1. The highest BCUT2D eigenvalue weighted by Gasteiger charge is 2.61. The molecule has 0 bridgehead atoms. The smallest absolute Gasteiger partial charge is 0.238 e. The second-order valence-corrected chi connectivity index (χ2v) is 9.08. The first-order valence-electron chi connectivity index (χ1n) is 8.40. The van der Waals surface area contributed by atoms with Gasteiger partial charge in [0.2, 0.25) is 10.0 Å². The van der Waals surface area contributed by atoms with Gasteiger partial charge in [-0.3, -0.25) is 0 Å². The predicted molar refractivity (Wildman–Crippen MR) is 90.2 cm³/mol. The maximum atomic E-state index is 11.4. The van der Waals surface area contributed by atoms with Crippen LogP contribution in [0.15, 0.2) is 33.6 Å². The van der Waals surface area contributed by atoms with Crippen LogP contribution in [-0.2, 0) is 22.9 Å². The lowest BCUT2D eigenvalue weighted by atomic mass is 10.0. The minimum absolute atomic E-state index is 0.0521. The molecule has 2 atom stereocenters. The van der Waals surface area contributed by atoms with Crippen molar-refractivity contribution in [1.29, 1.82) is 0 Å². The van der Waals surface area contributed by atoms with Gasteiger partial charge in [-0.15, -0.1) is 0 Å². The fraction of sp³-hybridized carbons (Fsp3) is 0.500. The Bertz CT molecular complexity index is 858. The normalized spacial score (nSPS) is 25.3. The van der Waals surface area contributed by atoms with E-state index in [2.05, 4.69) is 13.8 Å². The summed E-state index contributed by atoms with van der Waals surface area (Å²) in [6.45, 7) is 4.41. The molecule has 1 saturated carbocycles. The molecule has 1 aromatic carbocycles. The Hall–Kier alpha value is -1.66. The van der Waals surface area contributed by atoms with E-state index in [9.17, 15) is 8.42 Å². The maximum absolute atomic E-state index is 11.4. The molecule has 4 rings (SSSR count). The average Bonchev–Trinajstić information content (AvgIpc) is 2.90. The zero-order valence-electron chi connectivity index (χ0n) is 14.0. The fourth-order valence-electron chi connectivity index (χ4n) is 4.09. The van der Waals surface area contributed by atoms with E-state index >= 15 is 0 Å². The summed E-state index contributed by atoms with van der Waals surface area (Å²) in [5.41, 5.74) is 2.28. The van der Waals surface area contributed by atoms with E-state index in [0.29, 0.717) is 0 Å². The molecule has 24 heavy (non-hydrogen) atoms. The number of oxazole rings is 1. The van der Waals surface area contributed by atoms with Gasteiger partial charge in [0.05, 0.1) is 10.6 Å². The monoisotopic (exact) mass is 346 g/mol. The van der Waals surface area contributed by atoms with Gasteiger partial charge in [-0.05, 0) is 42.4 Å². The molecule has 0 saturated heterocycles. The van der Waals surface area contributed by atoms with Crippen LogP contribution in [0.3, 0.4) is 0 Å².